The highest BCUT2D eigenvalue weighted by atomic mass is 16.4. The van der Waals surface area contributed by atoms with Gasteiger partial charge in [-0.15, -0.1) is 0 Å². The van der Waals surface area contributed by atoms with Crippen molar-refractivity contribution in [3.63, 3.8) is 0 Å². The molecule has 1 aromatic heterocycles. The molecular weight excluding hydrogens is 258 g/mol. The number of likely N-dealkylation sites (tertiary alicyclic amines) is 1. The number of rotatable bonds is 2. The molecule has 2 heterocycles. The van der Waals surface area contributed by atoms with Gasteiger partial charge in [0.2, 0.25) is 0 Å². The van der Waals surface area contributed by atoms with E-state index in [0.717, 1.165) is 5.56 Å². The van der Waals surface area contributed by atoms with Crippen LogP contribution >= 0.6 is 0 Å². The summed E-state index contributed by atoms with van der Waals surface area (Å²) in [6.07, 6.45) is 2.29. The zero-order chi connectivity index (χ0) is 14.7. The highest BCUT2D eigenvalue weighted by molar-refractivity contribution is 5.88. The number of hydrogen-bond donors (Lipinski definition) is 2. The molecule has 6 nitrogen and oxygen atoms in total. The molecule has 1 aliphatic heterocycles. The number of aromatic nitrogens is 1. The third-order valence-corrected chi connectivity index (χ3v) is 3.44. The molecular formula is C14H19N3O3. The van der Waals surface area contributed by atoms with Gasteiger partial charge >= 0.3 is 12.0 Å². The summed E-state index contributed by atoms with van der Waals surface area (Å²) < 4.78 is 0. The largest absolute Gasteiger partial charge is 0.481 e. The molecule has 108 valence electrons. The average molecular weight is 277 g/mol. The van der Waals surface area contributed by atoms with Crippen LogP contribution in [0.1, 0.15) is 18.9 Å². The van der Waals surface area contributed by atoms with Crippen LogP contribution in [0.5, 0.6) is 0 Å². The van der Waals surface area contributed by atoms with Gasteiger partial charge in [0.15, 0.2) is 0 Å². The topological polar surface area (TPSA) is 82.5 Å². The number of aryl methyl sites for hydroxylation is 1. The van der Waals surface area contributed by atoms with E-state index in [1.165, 1.54) is 0 Å². The van der Waals surface area contributed by atoms with Crippen LogP contribution in [0.4, 0.5) is 10.6 Å². The highest BCUT2D eigenvalue weighted by Crippen LogP contribution is 2.22. The molecule has 20 heavy (non-hydrogen) atoms. The lowest BCUT2D eigenvalue weighted by molar-refractivity contribution is -0.143. The van der Waals surface area contributed by atoms with Gasteiger partial charge in [-0.05, 0) is 30.9 Å². The molecule has 0 saturated carbocycles. The van der Waals surface area contributed by atoms with Crippen LogP contribution in [-0.2, 0) is 4.79 Å². The Balaban J connectivity index is 2.01. The number of nitrogens with one attached hydrogen (secondary N) is 1. The molecule has 0 aliphatic carbocycles. The molecule has 1 saturated heterocycles. The van der Waals surface area contributed by atoms with Gasteiger partial charge in [0.05, 0.1) is 5.92 Å². The van der Waals surface area contributed by atoms with E-state index in [1.807, 2.05) is 19.9 Å². The lowest BCUT2D eigenvalue weighted by Crippen LogP contribution is -2.47. The number of amides is 2. The predicted octanol–water partition coefficient (Wildman–Crippen LogP) is 1.96. The van der Waals surface area contributed by atoms with Crippen molar-refractivity contribution in [2.24, 2.45) is 11.8 Å². The smallest absolute Gasteiger partial charge is 0.323 e. The Morgan fingerprint density at radius 3 is 2.75 bits per heavy atom. The van der Waals surface area contributed by atoms with E-state index in [-0.39, 0.29) is 18.5 Å². The van der Waals surface area contributed by atoms with Crippen LogP contribution in [0.25, 0.3) is 0 Å². The summed E-state index contributed by atoms with van der Waals surface area (Å²) in [5, 5.41) is 11.8. The minimum Gasteiger partial charge on any atom is -0.481 e. The Kier molecular flexibility index (Phi) is 4.22. The second-order valence-corrected chi connectivity index (χ2v) is 5.43. The maximum Gasteiger partial charge on any atom is 0.323 e. The van der Waals surface area contributed by atoms with Gasteiger partial charge in [0.25, 0.3) is 0 Å². The Morgan fingerprint density at radius 1 is 1.40 bits per heavy atom. The average Bonchev–Trinajstić information content (AvgIpc) is 2.40. The van der Waals surface area contributed by atoms with Gasteiger partial charge in [-0.2, -0.15) is 0 Å². The SMILES string of the molecule is Cc1ccc(NC(=O)N2CC(C)CC(C(=O)O)C2)nc1. The fourth-order valence-electron chi connectivity index (χ4n) is 2.43. The fourth-order valence-corrected chi connectivity index (χ4v) is 2.43. The van der Waals surface area contributed by atoms with Gasteiger partial charge in [-0.3, -0.25) is 10.1 Å². The van der Waals surface area contributed by atoms with Crippen LogP contribution in [0.2, 0.25) is 0 Å². The van der Waals surface area contributed by atoms with Crippen molar-refractivity contribution in [2.45, 2.75) is 20.3 Å². The molecule has 6 heteroatoms. The van der Waals surface area contributed by atoms with Gasteiger partial charge in [0, 0.05) is 19.3 Å². The van der Waals surface area contributed by atoms with Crippen molar-refractivity contribution in [3.8, 4) is 0 Å². The number of carboxylic acids is 1. The molecule has 2 atom stereocenters. The van der Waals surface area contributed by atoms with Crippen LogP contribution in [0.3, 0.4) is 0 Å². The van der Waals surface area contributed by atoms with Crippen LogP contribution < -0.4 is 5.32 Å². The number of piperidine rings is 1. The first-order valence-corrected chi connectivity index (χ1v) is 6.67. The third kappa shape index (κ3) is 3.46. The summed E-state index contributed by atoms with van der Waals surface area (Å²) in [4.78, 5) is 28.9. The molecule has 1 fully saturated rings. The fraction of sp³-hybridized carbons (Fsp3) is 0.500. The monoisotopic (exact) mass is 277 g/mol. The Labute approximate surface area is 117 Å². The first-order chi connectivity index (χ1) is 9.45. The molecule has 0 aromatic carbocycles. The molecule has 0 bridgehead atoms. The number of carbonyl (C=O) groups excluding carboxylic acids is 1. The number of carboxylic acid groups (broad SMARTS) is 1. The maximum atomic E-state index is 12.1. The molecule has 2 amide bonds. The van der Waals surface area contributed by atoms with E-state index >= 15 is 0 Å². The number of hydrogen-bond acceptors (Lipinski definition) is 3. The van der Waals surface area contributed by atoms with Gasteiger partial charge < -0.3 is 10.0 Å². The van der Waals surface area contributed by atoms with E-state index in [9.17, 15) is 9.59 Å². The number of urea groups is 1. The first kappa shape index (κ1) is 14.3. The summed E-state index contributed by atoms with van der Waals surface area (Å²) in [5.41, 5.74) is 1.01. The van der Waals surface area contributed by atoms with Crippen molar-refractivity contribution >= 4 is 17.8 Å². The lowest BCUT2D eigenvalue weighted by Gasteiger charge is -2.34. The normalized spacial score (nSPS) is 22.4. The lowest BCUT2D eigenvalue weighted by atomic mass is 9.91. The summed E-state index contributed by atoms with van der Waals surface area (Å²) in [5.74, 6) is -0.675. The summed E-state index contributed by atoms with van der Waals surface area (Å²) >= 11 is 0. The van der Waals surface area contributed by atoms with E-state index < -0.39 is 11.9 Å². The predicted molar refractivity (Wildman–Crippen MR) is 74.5 cm³/mol. The molecule has 1 aromatic rings. The first-order valence-electron chi connectivity index (χ1n) is 6.67. The van der Waals surface area contributed by atoms with E-state index in [4.69, 9.17) is 5.11 Å². The Morgan fingerprint density at radius 2 is 2.15 bits per heavy atom. The molecule has 2 N–H and O–H groups in total. The van der Waals surface area contributed by atoms with Crippen LogP contribution in [0.15, 0.2) is 18.3 Å². The number of nitrogens with zero attached hydrogens (tertiary/aromatic N) is 2. The molecule has 0 radical (unpaired) electrons. The van der Waals surface area contributed by atoms with Crippen molar-refractivity contribution in [1.82, 2.24) is 9.88 Å². The Hall–Kier alpha value is -2.11. The van der Waals surface area contributed by atoms with Crippen LogP contribution in [0, 0.1) is 18.8 Å². The van der Waals surface area contributed by atoms with Gasteiger partial charge in [-0.25, -0.2) is 9.78 Å². The maximum absolute atomic E-state index is 12.1. The second kappa shape index (κ2) is 5.90. The number of pyridine rings is 1. The number of carbonyl (C=O) groups is 2. The number of aliphatic carboxylic acids is 1. The van der Waals surface area contributed by atoms with Crippen molar-refractivity contribution in [1.29, 1.82) is 0 Å². The zero-order valence-corrected chi connectivity index (χ0v) is 11.7. The quantitative estimate of drug-likeness (QED) is 0.865. The second-order valence-electron chi connectivity index (χ2n) is 5.43. The highest BCUT2D eigenvalue weighted by Gasteiger charge is 2.31. The molecule has 0 spiro atoms. The van der Waals surface area contributed by atoms with E-state index in [2.05, 4.69) is 10.3 Å². The molecule has 2 unspecified atom stereocenters. The van der Waals surface area contributed by atoms with Crippen molar-refractivity contribution in [3.05, 3.63) is 23.9 Å². The molecule has 1 aliphatic rings. The Bertz CT molecular complexity index is 501. The van der Waals surface area contributed by atoms with Crippen LogP contribution in [-0.4, -0.2) is 40.1 Å². The van der Waals surface area contributed by atoms with Gasteiger partial charge in [0.1, 0.15) is 5.82 Å². The third-order valence-electron chi connectivity index (χ3n) is 3.44. The van der Waals surface area contributed by atoms with Crippen molar-refractivity contribution < 1.29 is 14.7 Å². The van der Waals surface area contributed by atoms with Crippen molar-refractivity contribution in [2.75, 3.05) is 18.4 Å². The minimum atomic E-state index is -0.845. The summed E-state index contributed by atoms with van der Waals surface area (Å²) in [7, 11) is 0. The standard InChI is InChI=1S/C14H19N3O3/c1-9-3-4-12(15-6-9)16-14(20)17-7-10(2)5-11(8-17)13(18)19/h3-4,6,10-11H,5,7-8H2,1-2H3,(H,18,19)(H,15,16,20). The van der Waals surface area contributed by atoms with E-state index in [0.29, 0.717) is 18.8 Å². The number of anilines is 1. The summed E-state index contributed by atoms with van der Waals surface area (Å²) in [6.45, 7) is 4.70. The summed E-state index contributed by atoms with van der Waals surface area (Å²) in [6, 6.07) is 3.30. The van der Waals surface area contributed by atoms with Gasteiger partial charge in [-0.1, -0.05) is 13.0 Å². The minimum absolute atomic E-state index is 0.182. The van der Waals surface area contributed by atoms with E-state index in [1.54, 1.807) is 17.2 Å². The molecule has 2 rings (SSSR count). The zero-order valence-electron chi connectivity index (χ0n) is 11.7.